The summed E-state index contributed by atoms with van der Waals surface area (Å²) in [5, 5.41) is 0. The fraction of sp³-hybridized carbons (Fsp3) is 1.00. The summed E-state index contributed by atoms with van der Waals surface area (Å²) < 4.78 is 99.4. The fourth-order valence-electron chi connectivity index (χ4n) is 0.282. The van der Waals surface area contributed by atoms with E-state index in [1.165, 1.54) is 18.8 Å². The highest BCUT2D eigenvalue weighted by atomic mass is 33.2. The monoisotopic (exact) mass is 454 g/mol. The summed E-state index contributed by atoms with van der Waals surface area (Å²) in [6, 6.07) is 0. The van der Waals surface area contributed by atoms with E-state index >= 15 is 0 Å². The third-order valence-electron chi connectivity index (χ3n) is 1.27. The van der Waals surface area contributed by atoms with Gasteiger partial charge in [0.05, 0.1) is 20.7 Å². The SMILES string of the molecule is CSS(C)(C)OS(=O)(=O)C(F)(F)F.CS[S+](C)C.F[B-](F)(F)F. The molecular formula is C7H18BF7O3S5. The Balaban J connectivity index is -0.000000329. The first-order valence-corrected chi connectivity index (χ1v) is 14.4. The maximum atomic E-state index is 11.8. The summed E-state index contributed by atoms with van der Waals surface area (Å²) in [5.74, 6) is 0. The fourth-order valence-corrected chi connectivity index (χ4v) is 3.70. The van der Waals surface area contributed by atoms with Crippen molar-refractivity contribution in [2.45, 2.75) is 5.51 Å². The van der Waals surface area contributed by atoms with E-state index in [2.05, 4.69) is 22.4 Å². The standard InChI is InChI=1S/C4H9F3O3S3.C3H9S2.BF4/c1-11-12(2,3)10-13(8,9)4(5,6)7;1-4-5(2)3;2-1(3,4)5/h1-3H3;1-3H3;/q;+1;-1. The zero-order valence-corrected chi connectivity index (χ0v) is 17.1. The number of alkyl halides is 3. The molecule has 23 heavy (non-hydrogen) atoms. The lowest BCUT2D eigenvalue weighted by Crippen LogP contribution is -2.25. The van der Waals surface area contributed by atoms with E-state index in [0.717, 1.165) is 10.8 Å². The second kappa shape index (κ2) is 11.5. The molecule has 0 aliphatic rings. The van der Waals surface area contributed by atoms with Crippen molar-refractivity contribution in [1.29, 1.82) is 0 Å². The first kappa shape index (κ1) is 28.7. The molecule has 0 heterocycles. The summed E-state index contributed by atoms with van der Waals surface area (Å²) in [6.07, 6.45) is 10.7. The topological polar surface area (TPSA) is 43.4 Å². The molecule has 0 unspecified atom stereocenters. The Morgan fingerprint density at radius 2 is 1.26 bits per heavy atom. The molecule has 0 radical (unpaired) electrons. The molecule has 0 aliphatic heterocycles. The van der Waals surface area contributed by atoms with Gasteiger partial charge in [0.15, 0.2) is 0 Å². The summed E-state index contributed by atoms with van der Waals surface area (Å²) in [5.41, 5.74) is -5.34. The van der Waals surface area contributed by atoms with Gasteiger partial charge in [-0.15, -0.1) is 0 Å². The lowest BCUT2D eigenvalue weighted by molar-refractivity contribution is -0.0495. The zero-order valence-electron chi connectivity index (χ0n) is 13.0. The Labute approximate surface area is 143 Å². The molecule has 146 valence electrons. The molecule has 0 spiro atoms. The van der Waals surface area contributed by atoms with Crippen LogP contribution in [0.15, 0.2) is 0 Å². The maximum absolute atomic E-state index is 11.8. The van der Waals surface area contributed by atoms with E-state index in [0.29, 0.717) is 9.93 Å². The van der Waals surface area contributed by atoms with E-state index in [1.54, 1.807) is 0 Å². The van der Waals surface area contributed by atoms with Gasteiger partial charge < -0.3 is 17.3 Å². The molecule has 0 aromatic heterocycles. The van der Waals surface area contributed by atoms with Crippen molar-refractivity contribution in [2.24, 2.45) is 0 Å². The minimum Gasteiger partial charge on any atom is -0.418 e. The molecule has 0 saturated heterocycles. The van der Waals surface area contributed by atoms with Gasteiger partial charge in [-0.2, -0.15) is 21.6 Å². The normalized spacial score (nSPS) is 13.7. The van der Waals surface area contributed by atoms with E-state index in [-0.39, 0.29) is 0 Å². The van der Waals surface area contributed by atoms with Crippen LogP contribution >= 0.6 is 30.9 Å². The lowest BCUT2D eigenvalue weighted by Gasteiger charge is -2.27. The Morgan fingerprint density at radius 1 is 1.00 bits per heavy atom. The summed E-state index contributed by atoms with van der Waals surface area (Å²) >= 11 is 0. The van der Waals surface area contributed by atoms with Crippen LogP contribution in [0.2, 0.25) is 0 Å². The average Bonchev–Trinajstić information content (AvgIpc) is 2.24. The predicted molar refractivity (Wildman–Crippen MR) is 91.9 cm³/mol. The van der Waals surface area contributed by atoms with Crippen LogP contribution in [0.4, 0.5) is 30.4 Å². The maximum Gasteiger partial charge on any atom is 0.673 e. The number of halogens is 7. The van der Waals surface area contributed by atoms with Crippen LogP contribution in [-0.4, -0.2) is 58.7 Å². The van der Waals surface area contributed by atoms with Crippen molar-refractivity contribution < 1.29 is 42.5 Å². The van der Waals surface area contributed by atoms with Gasteiger partial charge in [-0.25, -0.2) is 3.63 Å². The Bertz CT molecular complexity index is 404. The van der Waals surface area contributed by atoms with Crippen LogP contribution < -0.4 is 0 Å². The molecular weight excluding hydrogens is 436 g/mol. The molecule has 0 fully saturated rings. The molecule has 0 aliphatic carbocycles. The van der Waals surface area contributed by atoms with Crippen molar-refractivity contribution in [3.8, 4) is 0 Å². The molecule has 16 heteroatoms. The third kappa shape index (κ3) is 22.9. The first-order chi connectivity index (χ1) is 9.79. The summed E-state index contributed by atoms with van der Waals surface area (Å²) in [7, 11) is -10.2. The minimum atomic E-state index is -6.00. The first-order valence-electron chi connectivity index (χ1n) is 5.09. The van der Waals surface area contributed by atoms with Gasteiger partial charge in [0, 0.05) is 6.26 Å². The van der Waals surface area contributed by atoms with Crippen LogP contribution in [0, 0.1) is 0 Å². The lowest BCUT2D eigenvalue weighted by atomic mass is 10.3. The molecule has 0 atom stereocenters. The molecule has 0 N–H and O–H groups in total. The average molecular weight is 454 g/mol. The number of rotatable bonds is 4. The van der Waals surface area contributed by atoms with Gasteiger partial charge in [0.2, 0.25) is 0 Å². The van der Waals surface area contributed by atoms with Crippen LogP contribution in [0.3, 0.4) is 0 Å². The van der Waals surface area contributed by atoms with Crippen molar-refractivity contribution in [2.75, 3.05) is 37.5 Å². The molecule has 0 aromatic carbocycles. The van der Waals surface area contributed by atoms with E-state index < -0.39 is 32.2 Å². The van der Waals surface area contributed by atoms with Crippen LogP contribution in [0.5, 0.6) is 0 Å². The molecule has 0 bridgehead atoms. The third-order valence-corrected chi connectivity index (χ3v) is 10.2. The van der Waals surface area contributed by atoms with Crippen molar-refractivity contribution in [3.05, 3.63) is 0 Å². The van der Waals surface area contributed by atoms with Crippen molar-refractivity contribution in [1.82, 2.24) is 0 Å². The van der Waals surface area contributed by atoms with Crippen molar-refractivity contribution in [3.63, 3.8) is 0 Å². The zero-order chi connectivity index (χ0) is 19.7. The van der Waals surface area contributed by atoms with Gasteiger partial charge in [-0.3, -0.25) is 0 Å². The van der Waals surface area contributed by atoms with E-state index in [1.807, 2.05) is 10.8 Å². The highest BCUT2D eigenvalue weighted by molar-refractivity contribution is 8.92. The molecule has 3 nitrogen and oxygen atoms in total. The highest BCUT2D eigenvalue weighted by Gasteiger charge is 2.49. The number of hydrogen-bond donors (Lipinski definition) is 0. The summed E-state index contributed by atoms with van der Waals surface area (Å²) in [4.78, 5) is 0. The predicted octanol–water partition coefficient (Wildman–Crippen LogP) is 4.55. The second-order valence-electron chi connectivity index (χ2n) is 3.68. The van der Waals surface area contributed by atoms with Crippen LogP contribution in [-0.2, 0) is 23.7 Å². The number of hydrogen-bond acceptors (Lipinski definition) is 5. The van der Waals surface area contributed by atoms with Gasteiger partial charge in [-0.05, 0) is 18.8 Å². The van der Waals surface area contributed by atoms with E-state index in [4.69, 9.17) is 0 Å². The Hall–Kier alpha value is 0.885. The Kier molecular flexibility index (Phi) is 14.3. The molecule has 0 amide bonds. The smallest absolute Gasteiger partial charge is 0.418 e. The Morgan fingerprint density at radius 3 is 1.39 bits per heavy atom. The minimum absolute atomic E-state index is 0.594. The van der Waals surface area contributed by atoms with Crippen molar-refractivity contribution >= 4 is 58.2 Å². The van der Waals surface area contributed by atoms with Gasteiger partial charge in [0.1, 0.15) is 12.5 Å². The highest BCUT2D eigenvalue weighted by Crippen LogP contribution is 2.55. The molecule has 0 aromatic rings. The quantitative estimate of drug-likeness (QED) is 0.205. The van der Waals surface area contributed by atoms with Gasteiger partial charge in [-0.1, -0.05) is 20.1 Å². The summed E-state index contributed by atoms with van der Waals surface area (Å²) in [6.45, 7) is 0. The van der Waals surface area contributed by atoms with Gasteiger partial charge in [0.25, 0.3) is 0 Å². The molecule has 0 saturated carbocycles. The largest absolute Gasteiger partial charge is 0.673 e. The van der Waals surface area contributed by atoms with Crippen LogP contribution in [0.25, 0.3) is 0 Å². The van der Waals surface area contributed by atoms with Crippen LogP contribution in [0.1, 0.15) is 0 Å². The van der Waals surface area contributed by atoms with Gasteiger partial charge >= 0.3 is 22.9 Å². The molecule has 0 rings (SSSR count). The van der Waals surface area contributed by atoms with E-state index in [9.17, 15) is 38.9 Å². The second-order valence-corrected chi connectivity index (χ2v) is 16.4.